The van der Waals surface area contributed by atoms with Crippen molar-refractivity contribution in [2.24, 2.45) is 16.7 Å². The highest BCUT2D eigenvalue weighted by Crippen LogP contribution is 2.50. The second-order valence-electron chi connectivity index (χ2n) is 14.7. The van der Waals surface area contributed by atoms with Crippen LogP contribution in [0, 0.1) is 41.4 Å². The van der Waals surface area contributed by atoms with Crippen molar-refractivity contribution in [3.8, 4) is 24.7 Å². The van der Waals surface area contributed by atoms with Crippen molar-refractivity contribution in [2.75, 3.05) is 25.1 Å². The highest BCUT2D eigenvalue weighted by atomic mass is 32.2. The van der Waals surface area contributed by atoms with Crippen LogP contribution >= 0.6 is 0 Å². The molecule has 1 aliphatic heterocycles. The van der Waals surface area contributed by atoms with Crippen LogP contribution in [0.5, 0.6) is 0 Å². The summed E-state index contributed by atoms with van der Waals surface area (Å²) in [6.45, 7) is 7.95. The number of urea groups is 1. The van der Waals surface area contributed by atoms with E-state index in [1.807, 2.05) is 27.7 Å². The first-order valence-corrected chi connectivity index (χ1v) is 18.5. The molecule has 0 aromatic rings. The Balaban J connectivity index is 1.85. The van der Waals surface area contributed by atoms with Crippen LogP contribution in [0.25, 0.3) is 0 Å². The number of likely N-dealkylation sites (tertiary alicyclic amines) is 1. The topological polar surface area (TPSA) is 171 Å². The predicted octanol–water partition coefficient (Wildman–Crippen LogP) is 1.68. The van der Waals surface area contributed by atoms with E-state index >= 15 is 0 Å². The Labute approximate surface area is 279 Å². The third-order valence-electron chi connectivity index (χ3n) is 10.1. The molecule has 260 valence electrons. The number of hydrogen-bond acceptors (Lipinski definition) is 7. The van der Waals surface area contributed by atoms with Crippen LogP contribution in [-0.2, 0) is 29.0 Å². The molecule has 0 bridgehead atoms. The number of sulfone groups is 1. The van der Waals surface area contributed by atoms with E-state index in [0.717, 1.165) is 25.5 Å². The molecule has 12 nitrogen and oxygen atoms in total. The zero-order valence-corrected chi connectivity index (χ0v) is 29.2. The molecule has 3 fully saturated rings. The average Bonchev–Trinajstić information content (AvgIpc) is 3.68. The zero-order valence-electron chi connectivity index (χ0n) is 28.4. The first-order valence-electron chi connectivity index (χ1n) is 16.4. The Bertz CT molecular complexity index is 1420. The number of rotatable bonds is 14. The summed E-state index contributed by atoms with van der Waals surface area (Å²) >= 11 is 0. The maximum absolute atomic E-state index is 14.4. The number of amides is 5. The summed E-state index contributed by atoms with van der Waals surface area (Å²) in [5, 5.41) is 11.0. The van der Waals surface area contributed by atoms with Crippen molar-refractivity contribution in [2.45, 2.75) is 116 Å². The first-order chi connectivity index (χ1) is 21.9. The molecule has 1 saturated heterocycles. The number of terminal acetylenes is 2. The Hall–Kier alpha value is -3.58. The van der Waals surface area contributed by atoms with Gasteiger partial charge in [0.1, 0.15) is 21.9 Å². The molecule has 2 unspecified atom stereocenters. The van der Waals surface area contributed by atoms with Crippen molar-refractivity contribution in [3.63, 3.8) is 0 Å². The molecule has 0 aromatic heterocycles. The average molecular weight is 674 g/mol. The number of ketones is 1. The molecular weight excluding hydrogens is 622 g/mol. The molecule has 0 radical (unpaired) electrons. The molecule has 0 aromatic carbocycles. The van der Waals surface area contributed by atoms with Crippen LogP contribution in [0.15, 0.2) is 0 Å². The van der Waals surface area contributed by atoms with E-state index in [0.29, 0.717) is 25.7 Å². The molecule has 2 saturated carbocycles. The normalized spacial score (nSPS) is 23.6. The number of carbonyl (C=O) groups excluding carboxylic acids is 5. The zero-order chi connectivity index (χ0) is 35.2. The highest BCUT2D eigenvalue weighted by molar-refractivity contribution is 7.90. The summed E-state index contributed by atoms with van der Waals surface area (Å²) in [6.07, 6.45) is 17.1. The molecule has 1 heterocycles. The maximum Gasteiger partial charge on any atom is 0.315 e. The van der Waals surface area contributed by atoms with Crippen molar-refractivity contribution in [3.05, 3.63) is 0 Å². The molecule has 47 heavy (non-hydrogen) atoms. The summed E-state index contributed by atoms with van der Waals surface area (Å²) in [5.74, 6) is 1.49. The van der Waals surface area contributed by atoms with Crippen molar-refractivity contribution in [1.82, 2.24) is 26.2 Å². The molecule has 4 atom stereocenters. The van der Waals surface area contributed by atoms with E-state index in [2.05, 4.69) is 33.1 Å². The lowest BCUT2D eigenvalue weighted by Gasteiger charge is -2.39. The fraction of sp³-hybridized carbons (Fsp3) is 0.735. The second kappa shape index (κ2) is 15.1. The van der Waals surface area contributed by atoms with E-state index in [1.165, 1.54) is 4.90 Å². The standard InChI is InChI=1S/C34H51N5O7S/c1-8-10-15-24(26(40)29(42)35-20-11-9-2)36-28(41)25-23(3)32(4,5)21-39(25)30(43)27(33(6)18-19-33)37-31(44)38-34(22-47(7,45)46)16-13-12-14-17-34/h1-2,23-25,27H,10-22H2,3-7H3,(H,35,42)(H,36,41)(H2,37,38,44)/t23?,24?,25-,27+/m0/s1. The fourth-order valence-corrected chi connectivity index (χ4v) is 8.20. The Kier molecular flexibility index (Phi) is 12.2. The summed E-state index contributed by atoms with van der Waals surface area (Å²) in [5.41, 5.74) is -1.97. The number of nitrogens with one attached hydrogen (secondary N) is 4. The van der Waals surface area contributed by atoms with E-state index in [9.17, 15) is 32.4 Å². The maximum atomic E-state index is 14.4. The van der Waals surface area contributed by atoms with Gasteiger partial charge in [-0.3, -0.25) is 19.2 Å². The number of carbonyl (C=O) groups is 5. The SMILES string of the molecule is C#CCCNC(=O)C(=O)C(CCC#C)NC(=O)[C@@H]1C(C)C(C)(C)CN1C(=O)[C@@H](NC(=O)NC1(CS(C)(=O)=O)CCCCC1)C1(C)CC1. The van der Waals surface area contributed by atoms with Gasteiger partial charge < -0.3 is 26.2 Å². The molecular formula is C34H51N5O7S. The molecule has 5 amide bonds. The minimum Gasteiger partial charge on any atom is -0.348 e. The molecule has 2 aliphatic carbocycles. The van der Waals surface area contributed by atoms with Crippen LogP contribution in [0.3, 0.4) is 0 Å². The van der Waals surface area contributed by atoms with Crippen molar-refractivity contribution < 1.29 is 32.4 Å². The molecule has 13 heteroatoms. The van der Waals surface area contributed by atoms with Gasteiger partial charge in [-0.05, 0) is 48.9 Å². The smallest absolute Gasteiger partial charge is 0.315 e. The summed E-state index contributed by atoms with van der Waals surface area (Å²) in [4.78, 5) is 68.9. The molecule has 3 aliphatic rings. The third kappa shape index (κ3) is 9.72. The van der Waals surface area contributed by atoms with Gasteiger partial charge in [-0.15, -0.1) is 24.7 Å². The lowest BCUT2D eigenvalue weighted by molar-refractivity contribution is -0.144. The summed E-state index contributed by atoms with van der Waals surface area (Å²) < 4.78 is 24.6. The third-order valence-corrected chi connectivity index (χ3v) is 11.2. The van der Waals surface area contributed by atoms with Crippen LogP contribution in [-0.4, -0.2) is 91.6 Å². The van der Waals surface area contributed by atoms with Gasteiger partial charge >= 0.3 is 6.03 Å². The van der Waals surface area contributed by atoms with Crippen LogP contribution in [0.1, 0.15) is 91.9 Å². The monoisotopic (exact) mass is 673 g/mol. The minimum atomic E-state index is -3.40. The summed E-state index contributed by atoms with van der Waals surface area (Å²) in [6, 6.07) is -3.80. The van der Waals surface area contributed by atoms with Gasteiger partial charge in [-0.25, -0.2) is 13.2 Å². The number of Topliss-reactive ketones (excluding diaryl/α,β-unsaturated/α-hetero) is 1. The fourth-order valence-electron chi connectivity index (χ4n) is 6.84. The van der Waals surface area contributed by atoms with Crippen LogP contribution < -0.4 is 21.3 Å². The number of nitrogens with zero attached hydrogens (tertiary/aromatic N) is 1. The molecule has 0 spiro atoms. The summed E-state index contributed by atoms with van der Waals surface area (Å²) in [7, 11) is -3.40. The Morgan fingerprint density at radius 2 is 1.55 bits per heavy atom. The quantitative estimate of drug-likeness (QED) is 0.124. The lowest BCUT2D eigenvalue weighted by atomic mass is 9.80. The van der Waals surface area contributed by atoms with E-state index in [4.69, 9.17) is 12.8 Å². The minimum absolute atomic E-state index is 0.0275. The van der Waals surface area contributed by atoms with Gasteiger partial charge in [0, 0.05) is 32.2 Å². The lowest BCUT2D eigenvalue weighted by Crippen LogP contribution is -2.62. The van der Waals surface area contributed by atoms with Crippen molar-refractivity contribution in [1.29, 1.82) is 0 Å². The van der Waals surface area contributed by atoms with Gasteiger partial charge in [-0.2, -0.15) is 0 Å². The van der Waals surface area contributed by atoms with Gasteiger partial charge in [0.05, 0.1) is 17.3 Å². The first kappa shape index (κ1) is 37.9. The second-order valence-corrected chi connectivity index (χ2v) is 16.8. The van der Waals surface area contributed by atoms with Gasteiger partial charge in [0.2, 0.25) is 17.6 Å². The van der Waals surface area contributed by atoms with Crippen LogP contribution in [0.4, 0.5) is 4.79 Å². The molecule has 3 rings (SSSR count). The predicted molar refractivity (Wildman–Crippen MR) is 178 cm³/mol. The largest absolute Gasteiger partial charge is 0.348 e. The van der Waals surface area contributed by atoms with Crippen LogP contribution in [0.2, 0.25) is 0 Å². The Morgan fingerprint density at radius 1 is 0.936 bits per heavy atom. The van der Waals surface area contributed by atoms with E-state index < -0.39 is 73.9 Å². The van der Waals surface area contributed by atoms with Gasteiger partial charge in [-0.1, -0.05) is 47.0 Å². The van der Waals surface area contributed by atoms with E-state index in [1.54, 1.807) is 0 Å². The molecule has 4 N–H and O–H groups in total. The highest BCUT2D eigenvalue weighted by Gasteiger charge is 2.56. The van der Waals surface area contributed by atoms with Crippen molar-refractivity contribution >= 4 is 39.4 Å². The van der Waals surface area contributed by atoms with E-state index in [-0.39, 0.29) is 44.0 Å². The van der Waals surface area contributed by atoms with Gasteiger partial charge in [0.15, 0.2) is 0 Å². The number of hydrogen-bond donors (Lipinski definition) is 4. The Morgan fingerprint density at radius 3 is 2.11 bits per heavy atom. The van der Waals surface area contributed by atoms with Gasteiger partial charge in [0.25, 0.3) is 5.91 Å².